The van der Waals surface area contributed by atoms with E-state index >= 15 is 0 Å². The van der Waals surface area contributed by atoms with Gasteiger partial charge in [-0.15, -0.1) is 0 Å². The minimum Gasteiger partial charge on any atom is -0.379 e. The average Bonchev–Trinajstić information content (AvgIpc) is 2.67. The maximum atomic E-state index is 12.7. The Morgan fingerprint density at radius 1 is 1.19 bits per heavy atom. The minimum atomic E-state index is -3.43. The summed E-state index contributed by atoms with van der Waals surface area (Å²) in [4.78, 5) is 16.3. The molecule has 1 N–H and O–H groups in total. The molecule has 2 aromatic rings. The van der Waals surface area contributed by atoms with Crippen LogP contribution in [0.25, 0.3) is 0 Å². The van der Waals surface area contributed by atoms with E-state index in [1.54, 1.807) is 24.4 Å². The van der Waals surface area contributed by atoms with Crippen molar-refractivity contribution in [3.63, 3.8) is 0 Å². The number of hydrogen-bond acceptors (Lipinski definition) is 5. The summed E-state index contributed by atoms with van der Waals surface area (Å²) in [5.74, 6) is -0.369. The molecule has 2 heterocycles. The fourth-order valence-electron chi connectivity index (χ4n) is 2.80. The molecule has 27 heavy (non-hydrogen) atoms. The summed E-state index contributed by atoms with van der Waals surface area (Å²) in [7, 11) is -3.43. The maximum absolute atomic E-state index is 12.7. The van der Waals surface area contributed by atoms with Crippen molar-refractivity contribution in [2.24, 2.45) is 0 Å². The lowest BCUT2D eigenvalue weighted by Gasteiger charge is -2.26. The number of carbonyl (C=O) groups is 1. The van der Waals surface area contributed by atoms with E-state index in [1.165, 1.54) is 10.5 Å². The quantitative estimate of drug-likeness (QED) is 0.721. The molecule has 0 radical (unpaired) electrons. The molecule has 1 aromatic heterocycles. The van der Waals surface area contributed by atoms with Gasteiger partial charge >= 0.3 is 0 Å². The lowest BCUT2D eigenvalue weighted by molar-refractivity contribution is 0.0729. The number of ether oxygens (including phenoxy) is 1. The predicted molar refractivity (Wildman–Crippen MR) is 105 cm³/mol. The molecule has 144 valence electrons. The summed E-state index contributed by atoms with van der Waals surface area (Å²) < 4.78 is 32.7. The Labute approximate surface area is 166 Å². The zero-order valence-electron chi connectivity index (χ0n) is 14.6. The van der Waals surface area contributed by atoms with E-state index in [0.29, 0.717) is 41.9 Å². The van der Waals surface area contributed by atoms with Crippen LogP contribution < -0.4 is 5.32 Å². The molecule has 1 saturated heterocycles. The van der Waals surface area contributed by atoms with Crippen LogP contribution in [0.5, 0.6) is 0 Å². The number of sulfonamides is 1. The minimum absolute atomic E-state index is 0.0997. The smallest absolute Gasteiger partial charge is 0.253 e. The van der Waals surface area contributed by atoms with Crippen molar-refractivity contribution in [1.82, 2.24) is 14.6 Å². The summed E-state index contributed by atoms with van der Waals surface area (Å²) in [6.07, 6.45) is 3.08. The molecule has 1 aromatic carbocycles. The first kappa shape index (κ1) is 19.9. The number of hydrogen-bond donors (Lipinski definition) is 1. The SMILES string of the molecule is O=C(NCc1ccccc1CS(=O)(=O)N1CCOCC1)c1cncc(Br)c1. The van der Waals surface area contributed by atoms with Crippen LogP contribution in [0.2, 0.25) is 0 Å². The van der Waals surface area contributed by atoms with Crippen LogP contribution in [0.4, 0.5) is 0 Å². The summed E-state index contributed by atoms with van der Waals surface area (Å²) in [5.41, 5.74) is 1.88. The molecule has 0 unspecified atom stereocenters. The van der Waals surface area contributed by atoms with Gasteiger partial charge in [-0.3, -0.25) is 9.78 Å². The number of rotatable bonds is 6. The highest BCUT2D eigenvalue weighted by Crippen LogP contribution is 2.17. The standard InChI is InChI=1S/C18H20BrN3O4S/c19-17-9-16(10-20-12-17)18(23)21-11-14-3-1-2-4-15(14)13-27(24,25)22-5-7-26-8-6-22/h1-4,9-10,12H,5-8,11,13H2,(H,21,23). The van der Waals surface area contributed by atoms with E-state index < -0.39 is 10.0 Å². The lowest BCUT2D eigenvalue weighted by Crippen LogP contribution is -2.41. The molecule has 0 atom stereocenters. The molecular weight excluding hydrogens is 434 g/mol. The van der Waals surface area contributed by atoms with Crippen LogP contribution >= 0.6 is 15.9 Å². The van der Waals surface area contributed by atoms with Crippen LogP contribution in [0.3, 0.4) is 0 Å². The molecule has 1 aliphatic rings. The average molecular weight is 454 g/mol. The second kappa shape index (κ2) is 8.92. The van der Waals surface area contributed by atoms with Crippen molar-refractivity contribution in [2.75, 3.05) is 26.3 Å². The van der Waals surface area contributed by atoms with Gasteiger partial charge in [0.25, 0.3) is 5.91 Å². The third-order valence-electron chi connectivity index (χ3n) is 4.23. The second-order valence-corrected chi connectivity index (χ2v) is 9.00. The van der Waals surface area contributed by atoms with E-state index in [-0.39, 0.29) is 18.2 Å². The Balaban J connectivity index is 1.69. The number of pyridine rings is 1. The molecule has 0 bridgehead atoms. The highest BCUT2D eigenvalue weighted by Gasteiger charge is 2.25. The van der Waals surface area contributed by atoms with Gasteiger partial charge in [0.2, 0.25) is 10.0 Å². The second-order valence-electron chi connectivity index (χ2n) is 6.11. The van der Waals surface area contributed by atoms with Crippen LogP contribution in [0.1, 0.15) is 21.5 Å². The number of amides is 1. The van der Waals surface area contributed by atoms with Crippen molar-refractivity contribution in [3.05, 3.63) is 63.9 Å². The summed E-state index contributed by atoms with van der Waals surface area (Å²) >= 11 is 3.29. The first-order chi connectivity index (χ1) is 13.0. The fraction of sp³-hybridized carbons (Fsp3) is 0.333. The van der Waals surface area contributed by atoms with Crippen molar-refractivity contribution >= 4 is 31.9 Å². The van der Waals surface area contributed by atoms with Gasteiger partial charge in [0.15, 0.2) is 0 Å². The van der Waals surface area contributed by atoms with Gasteiger partial charge in [-0.1, -0.05) is 24.3 Å². The zero-order chi connectivity index (χ0) is 19.3. The lowest BCUT2D eigenvalue weighted by atomic mass is 10.1. The van der Waals surface area contributed by atoms with Gasteiger partial charge in [0.1, 0.15) is 0 Å². The third kappa shape index (κ3) is 5.35. The summed E-state index contributed by atoms with van der Waals surface area (Å²) in [5, 5.41) is 2.82. The molecule has 7 nitrogen and oxygen atoms in total. The molecular formula is C18H20BrN3O4S. The van der Waals surface area contributed by atoms with Gasteiger partial charge in [-0.05, 0) is 33.1 Å². The molecule has 1 aliphatic heterocycles. The Kier molecular flexibility index (Phi) is 6.59. The van der Waals surface area contributed by atoms with Gasteiger partial charge in [-0.25, -0.2) is 8.42 Å². The fourth-order valence-corrected chi connectivity index (χ4v) is 4.72. The van der Waals surface area contributed by atoms with Gasteiger partial charge in [-0.2, -0.15) is 4.31 Å². The highest BCUT2D eigenvalue weighted by atomic mass is 79.9. The maximum Gasteiger partial charge on any atom is 0.253 e. The number of halogens is 1. The Morgan fingerprint density at radius 2 is 1.89 bits per heavy atom. The van der Waals surface area contributed by atoms with Gasteiger partial charge < -0.3 is 10.1 Å². The molecule has 0 aliphatic carbocycles. The van der Waals surface area contributed by atoms with Crippen LogP contribution in [-0.4, -0.2) is 49.9 Å². The number of benzene rings is 1. The monoisotopic (exact) mass is 453 g/mol. The van der Waals surface area contributed by atoms with Crippen molar-refractivity contribution in [3.8, 4) is 0 Å². The van der Waals surface area contributed by atoms with E-state index in [2.05, 4.69) is 26.2 Å². The number of morpholine rings is 1. The molecule has 9 heteroatoms. The van der Waals surface area contributed by atoms with E-state index in [4.69, 9.17) is 4.74 Å². The van der Waals surface area contributed by atoms with Gasteiger partial charge in [0.05, 0.1) is 24.5 Å². The normalized spacial score (nSPS) is 15.4. The number of aromatic nitrogens is 1. The van der Waals surface area contributed by atoms with E-state index in [0.717, 1.165) is 5.56 Å². The molecule has 1 amide bonds. The predicted octanol–water partition coefficient (Wildman–Crippen LogP) is 1.94. The molecule has 1 fully saturated rings. The van der Waals surface area contributed by atoms with Crippen molar-refractivity contribution in [2.45, 2.75) is 12.3 Å². The van der Waals surface area contributed by atoms with E-state index in [1.807, 2.05) is 12.1 Å². The Hall–Kier alpha value is -1.81. The first-order valence-electron chi connectivity index (χ1n) is 8.47. The summed E-state index contributed by atoms with van der Waals surface area (Å²) in [6, 6.07) is 8.90. The number of carbonyl (C=O) groups excluding carboxylic acids is 1. The molecule has 3 rings (SSSR count). The number of nitrogens with one attached hydrogen (secondary N) is 1. The topological polar surface area (TPSA) is 88.6 Å². The van der Waals surface area contributed by atoms with Crippen LogP contribution in [-0.2, 0) is 27.1 Å². The zero-order valence-corrected chi connectivity index (χ0v) is 17.0. The largest absolute Gasteiger partial charge is 0.379 e. The van der Waals surface area contributed by atoms with Gasteiger partial charge in [0, 0.05) is 36.5 Å². The van der Waals surface area contributed by atoms with E-state index in [9.17, 15) is 13.2 Å². The molecule has 0 saturated carbocycles. The highest BCUT2D eigenvalue weighted by molar-refractivity contribution is 9.10. The van der Waals surface area contributed by atoms with Crippen molar-refractivity contribution < 1.29 is 17.9 Å². The Morgan fingerprint density at radius 3 is 2.59 bits per heavy atom. The van der Waals surface area contributed by atoms with Crippen LogP contribution in [0, 0.1) is 0 Å². The summed E-state index contributed by atoms with van der Waals surface area (Å²) in [6.45, 7) is 1.81. The third-order valence-corrected chi connectivity index (χ3v) is 6.49. The van der Waals surface area contributed by atoms with Crippen molar-refractivity contribution in [1.29, 1.82) is 0 Å². The molecule has 0 spiro atoms. The Bertz CT molecular complexity index is 914. The number of nitrogens with zero attached hydrogens (tertiary/aromatic N) is 2. The van der Waals surface area contributed by atoms with Crippen LogP contribution in [0.15, 0.2) is 47.2 Å². The first-order valence-corrected chi connectivity index (χ1v) is 10.9.